The Balaban J connectivity index is 1.72. The highest BCUT2D eigenvalue weighted by Crippen LogP contribution is 2.28. The fourth-order valence-electron chi connectivity index (χ4n) is 2.87. The zero-order valence-electron chi connectivity index (χ0n) is 15.4. The molecule has 2 heterocycles. The maximum atomic E-state index is 5.42. The molecule has 0 saturated heterocycles. The Morgan fingerprint density at radius 1 is 1.12 bits per heavy atom. The lowest BCUT2D eigenvalue weighted by Gasteiger charge is -2.27. The van der Waals surface area contributed by atoms with Gasteiger partial charge in [-0.25, -0.2) is 0 Å². The minimum absolute atomic E-state index is 0.758. The summed E-state index contributed by atoms with van der Waals surface area (Å²) in [6.45, 7) is 2.58. The van der Waals surface area contributed by atoms with Gasteiger partial charge in [-0.3, -0.25) is 9.98 Å². The molecule has 0 atom stereocenters. The average Bonchev–Trinajstić information content (AvgIpc) is 2.72. The van der Waals surface area contributed by atoms with E-state index in [9.17, 15) is 0 Å². The van der Waals surface area contributed by atoms with E-state index in [2.05, 4.69) is 22.0 Å². The van der Waals surface area contributed by atoms with Crippen molar-refractivity contribution in [1.82, 2.24) is 9.88 Å². The third kappa shape index (κ3) is 4.91. The molecule has 0 saturated carbocycles. The number of hydrogen-bond donors (Lipinski definition) is 0. The Bertz CT molecular complexity index is 737. The van der Waals surface area contributed by atoms with E-state index in [1.54, 1.807) is 14.2 Å². The molecule has 1 aromatic carbocycles. The quantitative estimate of drug-likeness (QED) is 0.744. The largest absolute Gasteiger partial charge is 0.493 e. The van der Waals surface area contributed by atoms with E-state index in [4.69, 9.17) is 14.5 Å². The van der Waals surface area contributed by atoms with Crippen molar-refractivity contribution in [2.75, 3.05) is 33.1 Å². The molecule has 6 heteroatoms. The molecule has 3 rings (SSSR count). The zero-order valence-corrected chi connectivity index (χ0v) is 16.2. The van der Waals surface area contributed by atoms with Crippen LogP contribution >= 0.6 is 11.8 Å². The number of methoxy groups -OCH3 is 2. The Kier molecular flexibility index (Phi) is 6.77. The highest BCUT2D eigenvalue weighted by molar-refractivity contribution is 8.13. The second-order valence-electron chi connectivity index (χ2n) is 6.05. The molecule has 1 aliphatic rings. The van der Waals surface area contributed by atoms with Gasteiger partial charge in [-0.05, 0) is 42.7 Å². The molecule has 0 fully saturated rings. The van der Waals surface area contributed by atoms with Crippen molar-refractivity contribution >= 4 is 16.9 Å². The fourth-order valence-corrected chi connectivity index (χ4v) is 3.85. The maximum Gasteiger partial charge on any atom is 0.160 e. The second kappa shape index (κ2) is 9.48. The number of pyridine rings is 1. The van der Waals surface area contributed by atoms with Crippen molar-refractivity contribution < 1.29 is 9.47 Å². The molecular weight excluding hydrogens is 346 g/mol. The summed E-state index contributed by atoms with van der Waals surface area (Å²) < 4.78 is 10.7. The van der Waals surface area contributed by atoms with E-state index >= 15 is 0 Å². The second-order valence-corrected chi connectivity index (χ2v) is 7.11. The van der Waals surface area contributed by atoms with E-state index in [0.29, 0.717) is 0 Å². The molecule has 0 aliphatic carbocycles. The van der Waals surface area contributed by atoms with Gasteiger partial charge in [0.2, 0.25) is 0 Å². The standard InChI is InChI=1S/C20H25N3O2S/c1-24-18-8-7-16(14-19(18)25-2)9-12-23(20-22-11-5-13-26-20)15-17-6-3-4-10-21-17/h3-4,6-8,10,14H,5,9,11-13,15H2,1-2H3. The van der Waals surface area contributed by atoms with Crippen molar-refractivity contribution in [1.29, 1.82) is 0 Å². The summed E-state index contributed by atoms with van der Waals surface area (Å²) in [4.78, 5) is 11.5. The van der Waals surface area contributed by atoms with Crippen molar-refractivity contribution in [3.8, 4) is 11.5 Å². The number of aliphatic imine (C=N–C) groups is 1. The maximum absolute atomic E-state index is 5.42. The highest BCUT2D eigenvalue weighted by atomic mass is 32.2. The van der Waals surface area contributed by atoms with Crippen LogP contribution in [0.15, 0.2) is 47.6 Å². The van der Waals surface area contributed by atoms with E-state index in [0.717, 1.165) is 60.6 Å². The van der Waals surface area contributed by atoms with Crippen molar-refractivity contribution in [3.63, 3.8) is 0 Å². The Labute approximate surface area is 159 Å². The Morgan fingerprint density at radius 2 is 2.00 bits per heavy atom. The lowest BCUT2D eigenvalue weighted by Crippen LogP contribution is -2.32. The van der Waals surface area contributed by atoms with Crippen LogP contribution in [0.2, 0.25) is 0 Å². The molecule has 1 aliphatic heterocycles. The Morgan fingerprint density at radius 3 is 2.69 bits per heavy atom. The van der Waals surface area contributed by atoms with Crippen molar-refractivity contribution in [3.05, 3.63) is 53.9 Å². The number of amidine groups is 1. The van der Waals surface area contributed by atoms with Crippen LogP contribution in [0, 0.1) is 0 Å². The Hall–Kier alpha value is -2.21. The summed E-state index contributed by atoms with van der Waals surface area (Å²) in [6, 6.07) is 12.2. The topological polar surface area (TPSA) is 47.0 Å². The van der Waals surface area contributed by atoms with Gasteiger partial charge in [0.15, 0.2) is 16.7 Å². The van der Waals surface area contributed by atoms with Crippen LogP contribution in [0.3, 0.4) is 0 Å². The van der Waals surface area contributed by atoms with Crippen LogP contribution < -0.4 is 9.47 Å². The summed E-state index contributed by atoms with van der Waals surface area (Å²) in [5, 5.41) is 1.13. The molecule has 0 amide bonds. The summed E-state index contributed by atoms with van der Waals surface area (Å²) in [5.41, 5.74) is 2.28. The van der Waals surface area contributed by atoms with Crippen LogP contribution in [-0.2, 0) is 13.0 Å². The lowest BCUT2D eigenvalue weighted by molar-refractivity contribution is 0.354. The molecule has 1 aromatic heterocycles. The van der Waals surface area contributed by atoms with Gasteiger partial charge in [0, 0.05) is 25.0 Å². The lowest BCUT2D eigenvalue weighted by atomic mass is 10.1. The van der Waals surface area contributed by atoms with Crippen LogP contribution in [0.4, 0.5) is 0 Å². The average molecular weight is 372 g/mol. The van der Waals surface area contributed by atoms with E-state index < -0.39 is 0 Å². The van der Waals surface area contributed by atoms with E-state index in [1.165, 1.54) is 5.56 Å². The van der Waals surface area contributed by atoms with Gasteiger partial charge >= 0.3 is 0 Å². The summed E-state index contributed by atoms with van der Waals surface area (Å²) in [7, 11) is 3.33. The van der Waals surface area contributed by atoms with Crippen LogP contribution in [0.5, 0.6) is 11.5 Å². The van der Waals surface area contributed by atoms with Gasteiger partial charge in [-0.2, -0.15) is 0 Å². The highest BCUT2D eigenvalue weighted by Gasteiger charge is 2.16. The number of rotatable bonds is 7. The molecule has 0 N–H and O–H groups in total. The normalized spacial score (nSPS) is 13.8. The number of aromatic nitrogens is 1. The summed E-state index contributed by atoms with van der Waals surface area (Å²) in [5.74, 6) is 2.66. The first kappa shape index (κ1) is 18.6. The number of benzene rings is 1. The molecule has 138 valence electrons. The molecular formula is C20H25N3O2S. The summed E-state index contributed by atoms with van der Waals surface area (Å²) >= 11 is 1.84. The predicted molar refractivity (Wildman–Crippen MR) is 107 cm³/mol. The van der Waals surface area contributed by atoms with Gasteiger partial charge < -0.3 is 14.4 Å². The molecule has 0 radical (unpaired) electrons. The first-order valence-electron chi connectivity index (χ1n) is 8.83. The SMILES string of the molecule is COc1ccc(CCN(Cc2ccccn2)C2=NCCCS2)cc1OC. The van der Waals surface area contributed by atoms with Gasteiger partial charge in [-0.1, -0.05) is 23.9 Å². The van der Waals surface area contributed by atoms with Crippen LogP contribution in [0.1, 0.15) is 17.7 Å². The number of nitrogens with zero attached hydrogens (tertiary/aromatic N) is 3. The number of thioether (sulfide) groups is 1. The first-order chi connectivity index (χ1) is 12.8. The first-order valence-corrected chi connectivity index (χ1v) is 9.81. The molecule has 0 spiro atoms. The predicted octanol–water partition coefficient (Wildman–Crippen LogP) is 3.64. The minimum Gasteiger partial charge on any atom is -0.493 e. The van der Waals surface area contributed by atoms with E-state index in [1.807, 2.05) is 42.2 Å². The van der Waals surface area contributed by atoms with Crippen LogP contribution in [0.25, 0.3) is 0 Å². The minimum atomic E-state index is 0.758. The third-order valence-electron chi connectivity index (χ3n) is 4.25. The third-order valence-corrected chi connectivity index (χ3v) is 5.39. The molecule has 0 bridgehead atoms. The zero-order chi connectivity index (χ0) is 18.2. The molecule has 0 unspecified atom stereocenters. The van der Waals surface area contributed by atoms with Crippen LogP contribution in [-0.4, -0.2) is 48.1 Å². The summed E-state index contributed by atoms with van der Waals surface area (Å²) in [6.07, 6.45) is 3.91. The smallest absolute Gasteiger partial charge is 0.160 e. The molecule has 2 aromatic rings. The van der Waals surface area contributed by atoms with Gasteiger partial charge in [0.25, 0.3) is 0 Å². The monoisotopic (exact) mass is 371 g/mol. The van der Waals surface area contributed by atoms with Gasteiger partial charge in [-0.15, -0.1) is 0 Å². The van der Waals surface area contributed by atoms with Gasteiger partial charge in [0.1, 0.15) is 0 Å². The van der Waals surface area contributed by atoms with Crippen molar-refractivity contribution in [2.45, 2.75) is 19.4 Å². The van der Waals surface area contributed by atoms with E-state index in [-0.39, 0.29) is 0 Å². The number of ether oxygens (including phenoxy) is 2. The fraction of sp³-hybridized carbons (Fsp3) is 0.400. The molecule has 26 heavy (non-hydrogen) atoms. The number of hydrogen-bond acceptors (Lipinski definition) is 6. The molecule has 5 nitrogen and oxygen atoms in total. The van der Waals surface area contributed by atoms with Crippen molar-refractivity contribution in [2.24, 2.45) is 4.99 Å². The van der Waals surface area contributed by atoms with Gasteiger partial charge in [0.05, 0.1) is 26.5 Å².